The van der Waals surface area contributed by atoms with Crippen molar-refractivity contribution in [3.05, 3.63) is 68.5 Å². The summed E-state index contributed by atoms with van der Waals surface area (Å²) in [6, 6.07) is -0.540. The lowest BCUT2D eigenvalue weighted by atomic mass is 9.83. The molecule has 110 heavy (non-hydrogen) atoms. The van der Waals surface area contributed by atoms with Gasteiger partial charge in [0.1, 0.15) is 82.3 Å². The fraction of sp³-hybridized carbons (Fsp3) is 0.712. The Morgan fingerprint density at radius 3 is 1.45 bits per heavy atom. The van der Waals surface area contributed by atoms with E-state index in [1.807, 2.05) is 0 Å². The predicted octanol–water partition coefficient (Wildman–Crippen LogP) is 5.28. The molecule has 1 aromatic carbocycles. The zero-order chi connectivity index (χ0) is 82.2. The van der Waals surface area contributed by atoms with Gasteiger partial charge in [-0.25, -0.2) is 33.6 Å². The summed E-state index contributed by atoms with van der Waals surface area (Å²) in [6.07, 6.45) is -29.0. The molecule has 612 valence electrons. The number of nitrogens with zero attached hydrogens (tertiary/aromatic N) is 4. The molecule has 0 radical (unpaired) electrons. The largest absolute Gasteiger partial charge is 0.457 e. The quantitative estimate of drug-likeness (QED) is 0.0837. The van der Waals surface area contributed by atoms with Gasteiger partial charge in [-0.15, -0.1) is 0 Å². The maximum Gasteiger partial charge on any atom is 0.411 e. The standard InChI is InChI=1S/C73H106N8O29/c1-34-31-78(65(92)81(56(34)86)57(87)39-27-25-24-26-28-39)32-44-52(103-59-48-47(80(48)67(94)110-73(21,22)23)46-43(100-59)33-79(46)66(93)109-72(18,19)20)55(98-38(5)85)60(101-44)104-54-49(95-35(2)82)40(75-62(89)106-69(9,10)11)29-41(76-63(90)107-70(12,13)14)50(54)102-58-45(77-64(91)108-71(15,16)17)53(97-37(4)84)51(96-36(3)83)42(99-58)30-74-61(88)105-68(6,7)8/h24-28,31,40-55,58-60H,29-30,32-33H2,1-23H3,(H,74,88)(H,75,89)(H,76,90)(H,77,91)/t40-,41+,42-,43+,44-,45-,46-,47-,48-,49+,50-,51-,52-,53-,54-,55-,58-,59-,60+,80?/m1/s1. The Bertz CT molecular complexity index is 3880. The summed E-state index contributed by atoms with van der Waals surface area (Å²) in [5.74, 6) is -5.13. The van der Waals surface area contributed by atoms with Crippen LogP contribution in [0.1, 0.15) is 175 Å². The van der Waals surface area contributed by atoms with E-state index < -0.39 is 247 Å². The van der Waals surface area contributed by atoms with Gasteiger partial charge in [0.05, 0.1) is 43.8 Å². The molecule has 37 nitrogen and oxygen atoms in total. The van der Waals surface area contributed by atoms with Crippen molar-refractivity contribution in [1.29, 1.82) is 0 Å². The van der Waals surface area contributed by atoms with Crippen molar-refractivity contribution in [2.75, 3.05) is 13.1 Å². The number of alkyl carbamates (subject to hydrolysis) is 4. The minimum atomic E-state index is -2.14. The first kappa shape index (κ1) is 86.4. The number of nitrogens with one attached hydrogen (secondary N) is 4. The molecule has 6 aliphatic rings. The molecule has 6 fully saturated rings. The Kier molecular flexibility index (Phi) is 26.3. The van der Waals surface area contributed by atoms with Gasteiger partial charge in [0.25, 0.3) is 11.5 Å². The van der Waals surface area contributed by atoms with Gasteiger partial charge in [-0.1, -0.05) is 18.2 Å². The third kappa shape index (κ3) is 22.8. The molecule has 0 bridgehead atoms. The van der Waals surface area contributed by atoms with Gasteiger partial charge in [0.15, 0.2) is 43.3 Å². The topological polar surface area (TPSA) is 434 Å². The lowest BCUT2D eigenvalue weighted by molar-refractivity contribution is -0.313. The Labute approximate surface area is 636 Å². The van der Waals surface area contributed by atoms with Crippen LogP contribution in [0.5, 0.6) is 0 Å². The molecule has 8 rings (SSSR count). The van der Waals surface area contributed by atoms with E-state index in [4.69, 9.17) is 75.8 Å². The molecule has 19 atom stereocenters. The van der Waals surface area contributed by atoms with Crippen LogP contribution < -0.4 is 32.5 Å². The SMILES string of the molecule is CC(=O)O[C@@H]1[C@@H](NC(=O)OC(C)(C)C)[C@@H](O[C@H]2[C@H](O[C@@H]3O[C@H](Cn4cc(C)c(=O)n(C(=O)c5ccccc5)c4=O)[C@@H](O[C@H]4O[C@H]5CN(C(=O)OC(C)(C)C)[C@H]5[C@@H]5[C@H]4N5C(=O)OC(C)(C)C)[C@H]3OC(C)=O)[C@@H](OC(C)=O)[C@H](NC(=O)OC(C)(C)C)C[C@@H]2NC(=O)OC(C)(C)C)O[C@H](CNC(=O)OC(C)(C)C)[C@H]1OC(C)=O. The van der Waals surface area contributed by atoms with Crippen LogP contribution >= 0.6 is 0 Å². The molecule has 0 spiro atoms. The lowest BCUT2D eigenvalue weighted by Crippen LogP contribution is -2.71. The van der Waals surface area contributed by atoms with Crippen molar-refractivity contribution in [1.82, 2.24) is 40.2 Å². The molecule has 37 heteroatoms. The van der Waals surface area contributed by atoms with Crippen LogP contribution in [0.25, 0.3) is 0 Å². The third-order valence-electron chi connectivity index (χ3n) is 17.0. The molecule has 5 aliphatic heterocycles. The van der Waals surface area contributed by atoms with Crippen molar-refractivity contribution < 1.29 is 129 Å². The van der Waals surface area contributed by atoms with E-state index in [1.165, 1.54) is 61.8 Å². The number of ether oxygens (including phenoxy) is 16. The fourth-order valence-electron chi connectivity index (χ4n) is 13.2. The van der Waals surface area contributed by atoms with E-state index in [0.29, 0.717) is 4.57 Å². The van der Waals surface area contributed by atoms with Gasteiger partial charge in [-0.2, -0.15) is 4.57 Å². The number of amides is 6. The number of aromatic nitrogens is 2. The summed E-state index contributed by atoms with van der Waals surface area (Å²) in [7, 11) is 0. The number of rotatable bonds is 18. The number of hydrogen-bond donors (Lipinski definition) is 4. The van der Waals surface area contributed by atoms with Gasteiger partial charge >= 0.3 is 66.1 Å². The minimum absolute atomic E-state index is 0.0525. The number of esters is 4. The highest BCUT2D eigenvalue weighted by molar-refractivity contribution is 5.95. The Balaban J connectivity index is 1.36. The van der Waals surface area contributed by atoms with Crippen molar-refractivity contribution in [3.63, 3.8) is 0 Å². The van der Waals surface area contributed by atoms with E-state index >= 15 is 4.79 Å². The van der Waals surface area contributed by atoms with Crippen molar-refractivity contribution in [2.45, 2.75) is 322 Å². The van der Waals surface area contributed by atoms with E-state index in [-0.39, 0.29) is 17.7 Å². The van der Waals surface area contributed by atoms with E-state index in [1.54, 1.807) is 110 Å². The number of carbonyl (C=O) groups excluding carboxylic acids is 11. The average Bonchev–Trinajstić information content (AvgIpc) is 1.52. The number of hydrogen-bond acceptors (Lipinski definition) is 29. The van der Waals surface area contributed by atoms with Gasteiger partial charge in [-0.3, -0.25) is 43.1 Å². The molecular weight excluding hydrogens is 1450 g/mol. The maximum absolute atomic E-state index is 15.0. The highest BCUT2D eigenvalue weighted by atomic mass is 16.8. The molecular formula is C73H106N8O29. The fourth-order valence-corrected chi connectivity index (χ4v) is 13.2. The summed E-state index contributed by atoms with van der Waals surface area (Å²) in [4.78, 5) is 186. The van der Waals surface area contributed by atoms with Gasteiger partial charge in [0, 0.05) is 45.0 Å². The predicted molar refractivity (Wildman–Crippen MR) is 379 cm³/mol. The van der Waals surface area contributed by atoms with Crippen LogP contribution in [0, 0.1) is 6.92 Å². The van der Waals surface area contributed by atoms with Crippen LogP contribution in [0.2, 0.25) is 0 Å². The highest BCUT2D eigenvalue weighted by Gasteiger charge is 2.72. The smallest absolute Gasteiger partial charge is 0.411 e. The van der Waals surface area contributed by atoms with Crippen LogP contribution in [0.15, 0.2) is 46.1 Å². The van der Waals surface area contributed by atoms with Crippen LogP contribution in [0.3, 0.4) is 0 Å². The van der Waals surface area contributed by atoms with Crippen molar-refractivity contribution in [2.24, 2.45) is 0 Å². The first-order valence-corrected chi connectivity index (χ1v) is 36.2. The molecule has 6 amide bonds. The van der Waals surface area contributed by atoms with E-state index in [2.05, 4.69) is 21.3 Å². The second-order valence-corrected chi connectivity index (χ2v) is 33.6. The zero-order valence-electron chi connectivity index (χ0n) is 66.4. The molecule has 5 saturated heterocycles. The second-order valence-electron chi connectivity index (χ2n) is 33.6. The van der Waals surface area contributed by atoms with E-state index in [9.17, 15) is 57.5 Å². The Hall–Kier alpha value is -9.17. The molecule has 6 heterocycles. The molecule has 1 saturated carbocycles. The number of benzene rings is 1. The molecule has 4 N–H and O–H groups in total. The summed E-state index contributed by atoms with van der Waals surface area (Å²) >= 11 is 0. The maximum atomic E-state index is 15.0. The summed E-state index contributed by atoms with van der Waals surface area (Å²) in [5.41, 5.74) is -9.15. The second kappa shape index (κ2) is 33.4. The number of aryl methyl sites for hydroxylation is 1. The summed E-state index contributed by atoms with van der Waals surface area (Å²) in [5, 5.41) is 10.6. The molecule has 1 aliphatic carbocycles. The number of fused-ring (bicyclic) bond motifs is 3. The monoisotopic (exact) mass is 1560 g/mol. The molecule has 0 unspecified atom stereocenters. The van der Waals surface area contributed by atoms with Gasteiger partial charge in [0.2, 0.25) is 0 Å². The third-order valence-corrected chi connectivity index (χ3v) is 17.0. The number of carbonyl (C=O) groups is 11. The van der Waals surface area contributed by atoms with Crippen molar-refractivity contribution >= 4 is 66.3 Å². The van der Waals surface area contributed by atoms with Gasteiger partial charge in [-0.05, 0) is 150 Å². The Morgan fingerprint density at radius 2 is 0.918 bits per heavy atom. The minimum Gasteiger partial charge on any atom is -0.457 e. The lowest BCUT2D eigenvalue weighted by Gasteiger charge is -2.50. The normalized spacial score (nSPS) is 28.7. The average molecular weight is 1560 g/mol. The van der Waals surface area contributed by atoms with Crippen LogP contribution in [-0.4, -0.2) is 248 Å². The van der Waals surface area contributed by atoms with Gasteiger partial charge < -0.3 is 97.1 Å². The number of likely N-dealkylation sites (tertiary alicyclic amines) is 1. The first-order valence-electron chi connectivity index (χ1n) is 36.2. The Morgan fingerprint density at radius 1 is 0.464 bits per heavy atom. The summed E-state index contributed by atoms with van der Waals surface area (Å²) < 4.78 is 102. The van der Waals surface area contributed by atoms with E-state index in [0.717, 1.165) is 38.5 Å². The first-order chi connectivity index (χ1) is 50.6. The molecule has 2 aromatic rings. The summed E-state index contributed by atoms with van der Waals surface area (Å²) in [6.45, 7) is 32.5. The zero-order valence-corrected chi connectivity index (χ0v) is 66.4. The molecule has 1 aromatic heterocycles. The van der Waals surface area contributed by atoms with Crippen LogP contribution in [0.4, 0.5) is 28.8 Å². The van der Waals surface area contributed by atoms with Crippen LogP contribution in [-0.2, 0) is 102 Å². The van der Waals surface area contributed by atoms with Crippen molar-refractivity contribution in [3.8, 4) is 0 Å². The highest BCUT2D eigenvalue weighted by Crippen LogP contribution is 2.50.